The summed E-state index contributed by atoms with van der Waals surface area (Å²) in [4.78, 5) is 24.0. The number of carboxylic acid groups (broad SMARTS) is 1. The van der Waals surface area contributed by atoms with Crippen LogP contribution >= 0.6 is 0 Å². The lowest BCUT2D eigenvalue weighted by molar-refractivity contribution is -0.137. The number of hydrogen-bond donors (Lipinski definition) is 2. The minimum Gasteiger partial charge on any atom is -0.481 e. The summed E-state index contributed by atoms with van der Waals surface area (Å²) >= 11 is 0. The van der Waals surface area contributed by atoms with Crippen molar-refractivity contribution >= 4 is 12.0 Å². The van der Waals surface area contributed by atoms with Crippen LogP contribution < -0.4 is 5.32 Å². The number of hydrogen-bond acceptors (Lipinski definition) is 3. The van der Waals surface area contributed by atoms with E-state index in [0.717, 1.165) is 0 Å². The van der Waals surface area contributed by atoms with Gasteiger partial charge in [-0.1, -0.05) is 0 Å². The molecule has 7 heteroatoms. The number of amides is 2. The van der Waals surface area contributed by atoms with E-state index in [0.29, 0.717) is 13.1 Å². The van der Waals surface area contributed by atoms with Crippen molar-refractivity contribution in [3.8, 4) is 0 Å². The molecule has 0 bridgehead atoms. The molecule has 7 nitrogen and oxygen atoms in total. The van der Waals surface area contributed by atoms with Crippen molar-refractivity contribution < 1.29 is 14.7 Å². The fraction of sp³-hybridized carbons (Fsp3) is 0.583. The maximum Gasteiger partial charge on any atom is 0.317 e. The normalized spacial score (nSPS) is 10.5. The van der Waals surface area contributed by atoms with Gasteiger partial charge in [-0.3, -0.25) is 9.48 Å². The zero-order valence-corrected chi connectivity index (χ0v) is 11.2. The van der Waals surface area contributed by atoms with Crippen molar-refractivity contribution in [1.82, 2.24) is 20.0 Å². The third-order valence-electron chi connectivity index (χ3n) is 2.63. The number of aliphatic carboxylic acids is 1. The molecule has 0 aliphatic carbocycles. The predicted octanol–water partition coefficient (Wildman–Crippen LogP) is 0.778. The molecule has 1 rings (SSSR count). The van der Waals surface area contributed by atoms with E-state index < -0.39 is 5.97 Å². The van der Waals surface area contributed by atoms with Crippen molar-refractivity contribution in [2.24, 2.45) is 0 Å². The molecule has 19 heavy (non-hydrogen) atoms. The van der Waals surface area contributed by atoms with Crippen LogP contribution in [0.15, 0.2) is 18.5 Å². The van der Waals surface area contributed by atoms with E-state index in [-0.39, 0.29) is 25.0 Å². The Morgan fingerprint density at radius 1 is 1.47 bits per heavy atom. The highest BCUT2D eigenvalue weighted by atomic mass is 16.4. The van der Waals surface area contributed by atoms with E-state index in [1.807, 2.05) is 26.1 Å². The molecule has 2 N–H and O–H groups in total. The molecule has 0 aliphatic heterocycles. The second kappa shape index (κ2) is 7.40. The van der Waals surface area contributed by atoms with Gasteiger partial charge in [-0.2, -0.15) is 5.10 Å². The van der Waals surface area contributed by atoms with Crippen LogP contribution in [0.25, 0.3) is 0 Å². The quantitative estimate of drug-likeness (QED) is 0.765. The average Bonchev–Trinajstić information content (AvgIpc) is 2.81. The number of carboxylic acids is 1. The van der Waals surface area contributed by atoms with Crippen molar-refractivity contribution in [1.29, 1.82) is 0 Å². The number of nitrogens with one attached hydrogen (secondary N) is 1. The van der Waals surface area contributed by atoms with Crippen LogP contribution in [0, 0.1) is 0 Å². The van der Waals surface area contributed by atoms with E-state index in [2.05, 4.69) is 10.4 Å². The summed E-state index contributed by atoms with van der Waals surface area (Å²) in [5, 5.41) is 15.4. The summed E-state index contributed by atoms with van der Waals surface area (Å²) in [6.45, 7) is 4.96. The molecule has 2 amide bonds. The molecule has 0 fully saturated rings. The van der Waals surface area contributed by atoms with E-state index >= 15 is 0 Å². The number of rotatable bonds is 7. The summed E-state index contributed by atoms with van der Waals surface area (Å²) < 4.78 is 1.72. The Morgan fingerprint density at radius 3 is 2.74 bits per heavy atom. The highest BCUT2D eigenvalue weighted by Gasteiger charge is 2.17. The van der Waals surface area contributed by atoms with Gasteiger partial charge in [0.2, 0.25) is 0 Å². The first-order valence-corrected chi connectivity index (χ1v) is 6.24. The topological polar surface area (TPSA) is 87.5 Å². The second-order valence-corrected chi connectivity index (χ2v) is 4.43. The van der Waals surface area contributed by atoms with E-state index in [9.17, 15) is 9.59 Å². The fourth-order valence-electron chi connectivity index (χ4n) is 1.62. The van der Waals surface area contributed by atoms with E-state index in [1.165, 1.54) is 4.90 Å². The van der Waals surface area contributed by atoms with Gasteiger partial charge in [0.15, 0.2) is 0 Å². The van der Waals surface area contributed by atoms with Gasteiger partial charge < -0.3 is 15.3 Å². The zero-order chi connectivity index (χ0) is 14.3. The van der Waals surface area contributed by atoms with Crippen molar-refractivity contribution in [2.75, 3.05) is 13.1 Å². The lowest BCUT2D eigenvalue weighted by atomic mass is 10.3. The van der Waals surface area contributed by atoms with Crippen LogP contribution in [0.5, 0.6) is 0 Å². The SMILES string of the molecule is CC(C)N(CCC(=O)O)C(=O)NCCn1cccn1. The van der Waals surface area contributed by atoms with Crippen molar-refractivity contribution in [2.45, 2.75) is 32.9 Å². The Labute approximate surface area is 112 Å². The molecule has 106 valence electrons. The van der Waals surface area contributed by atoms with Gasteiger partial charge >= 0.3 is 12.0 Å². The van der Waals surface area contributed by atoms with Gasteiger partial charge in [-0.25, -0.2) is 4.79 Å². The molecular weight excluding hydrogens is 248 g/mol. The van der Waals surface area contributed by atoms with Gasteiger partial charge in [-0.05, 0) is 19.9 Å². The third kappa shape index (κ3) is 5.41. The molecule has 0 aliphatic rings. The molecule has 1 aromatic rings. The molecular formula is C12H20N4O3. The number of nitrogens with zero attached hydrogens (tertiary/aromatic N) is 3. The first-order valence-electron chi connectivity index (χ1n) is 6.24. The van der Waals surface area contributed by atoms with Crippen LogP contribution in [0.2, 0.25) is 0 Å². The first kappa shape index (κ1) is 15.0. The fourth-order valence-corrected chi connectivity index (χ4v) is 1.62. The van der Waals surface area contributed by atoms with Crippen LogP contribution in [-0.4, -0.2) is 50.9 Å². The highest BCUT2D eigenvalue weighted by Crippen LogP contribution is 2.00. The van der Waals surface area contributed by atoms with E-state index in [1.54, 1.807) is 10.9 Å². The summed E-state index contributed by atoms with van der Waals surface area (Å²) in [7, 11) is 0. The predicted molar refractivity (Wildman–Crippen MR) is 69.7 cm³/mol. The number of urea groups is 1. The molecule has 1 aromatic heterocycles. The van der Waals surface area contributed by atoms with E-state index in [4.69, 9.17) is 5.11 Å². The van der Waals surface area contributed by atoms with Gasteiger partial charge in [0.05, 0.1) is 13.0 Å². The molecule has 1 heterocycles. The number of aromatic nitrogens is 2. The second-order valence-electron chi connectivity index (χ2n) is 4.43. The minimum absolute atomic E-state index is 0.0379. The Hall–Kier alpha value is -2.05. The summed E-state index contributed by atoms with van der Waals surface area (Å²) in [5.74, 6) is -0.907. The smallest absolute Gasteiger partial charge is 0.317 e. The standard InChI is InChI=1S/C12H20N4O3/c1-10(2)16(8-4-11(17)18)12(19)13-6-9-15-7-3-5-14-15/h3,5,7,10H,4,6,8-9H2,1-2H3,(H,13,19)(H,17,18). The highest BCUT2D eigenvalue weighted by molar-refractivity contribution is 5.75. The van der Waals surface area contributed by atoms with Crippen LogP contribution in [0.1, 0.15) is 20.3 Å². The van der Waals surface area contributed by atoms with Gasteiger partial charge in [0.25, 0.3) is 0 Å². The van der Waals surface area contributed by atoms with Crippen molar-refractivity contribution in [3.05, 3.63) is 18.5 Å². The summed E-state index contributed by atoms with van der Waals surface area (Å²) in [5.41, 5.74) is 0. The van der Waals surface area contributed by atoms with Crippen LogP contribution in [-0.2, 0) is 11.3 Å². The monoisotopic (exact) mass is 268 g/mol. The Morgan fingerprint density at radius 2 is 2.21 bits per heavy atom. The Balaban J connectivity index is 2.36. The summed E-state index contributed by atoms with van der Waals surface area (Å²) in [6, 6.07) is 1.53. The minimum atomic E-state index is -0.907. The first-order chi connectivity index (χ1) is 9.00. The molecule has 0 atom stereocenters. The lowest BCUT2D eigenvalue weighted by Gasteiger charge is -2.26. The van der Waals surface area contributed by atoms with Gasteiger partial charge in [0.1, 0.15) is 0 Å². The Kier molecular flexibility index (Phi) is 5.84. The Bertz CT molecular complexity index is 403. The van der Waals surface area contributed by atoms with Crippen LogP contribution in [0.3, 0.4) is 0 Å². The summed E-state index contributed by atoms with van der Waals surface area (Å²) in [6.07, 6.45) is 3.44. The molecule has 0 saturated carbocycles. The molecule has 0 aromatic carbocycles. The maximum atomic E-state index is 11.9. The molecule has 0 unspecified atom stereocenters. The molecule has 0 spiro atoms. The number of carbonyl (C=O) groups excluding carboxylic acids is 1. The average molecular weight is 268 g/mol. The van der Waals surface area contributed by atoms with Crippen LogP contribution in [0.4, 0.5) is 4.79 Å². The largest absolute Gasteiger partial charge is 0.481 e. The maximum absolute atomic E-state index is 11.9. The number of carbonyl (C=O) groups is 2. The van der Waals surface area contributed by atoms with Gasteiger partial charge in [0, 0.05) is 31.5 Å². The molecule has 0 radical (unpaired) electrons. The van der Waals surface area contributed by atoms with Gasteiger partial charge in [-0.15, -0.1) is 0 Å². The van der Waals surface area contributed by atoms with Crippen molar-refractivity contribution in [3.63, 3.8) is 0 Å². The third-order valence-corrected chi connectivity index (χ3v) is 2.63. The zero-order valence-electron chi connectivity index (χ0n) is 11.2. The lowest BCUT2D eigenvalue weighted by Crippen LogP contribution is -2.45. The molecule has 0 saturated heterocycles.